The number of hydrogen-bond donors (Lipinski definition) is 0. The molecule has 5 heterocycles. The van der Waals surface area contributed by atoms with Gasteiger partial charge in [0, 0.05) is 62.0 Å². The van der Waals surface area contributed by atoms with Crippen LogP contribution in [-0.4, -0.2) is 67.8 Å². The highest BCUT2D eigenvalue weighted by molar-refractivity contribution is 5.81. The summed E-state index contributed by atoms with van der Waals surface area (Å²) in [5, 5.41) is 6.87. The van der Waals surface area contributed by atoms with Crippen LogP contribution < -0.4 is 10.7 Å². The van der Waals surface area contributed by atoms with Gasteiger partial charge in [0.1, 0.15) is 12.1 Å². The fourth-order valence-electron chi connectivity index (χ4n) is 4.14. The van der Waals surface area contributed by atoms with E-state index in [1.54, 1.807) is 31.5 Å². The number of aromatic nitrogens is 6. The van der Waals surface area contributed by atoms with E-state index in [0.717, 1.165) is 32.4 Å². The van der Waals surface area contributed by atoms with Crippen LogP contribution in [0, 0.1) is 0 Å². The predicted octanol–water partition coefficient (Wildman–Crippen LogP) is 3.83. The van der Waals surface area contributed by atoms with Crippen LogP contribution in [0.2, 0.25) is 0 Å². The third-order valence-corrected chi connectivity index (χ3v) is 6.39. The van der Waals surface area contributed by atoms with E-state index in [1.807, 2.05) is 0 Å². The first-order valence-electron chi connectivity index (χ1n) is 12.4. The summed E-state index contributed by atoms with van der Waals surface area (Å²) in [6.45, 7) is 5.11. The molecule has 11 nitrogen and oxygen atoms in total. The van der Waals surface area contributed by atoms with Crippen LogP contribution in [-0.2, 0) is 6.54 Å². The molecule has 208 valence electrons. The largest absolute Gasteiger partial charge is 0.419 e. The zero-order valence-corrected chi connectivity index (χ0v) is 21.7. The molecule has 0 aromatic carbocycles. The van der Waals surface area contributed by atoms with E-state index in [2.05, 4.69) is 42.0 Å². The van der Waals surface area contributed by atoms with Crippen LogP contribution in [0.25, 0.3) is 23.1 Å². The lowest BCUT2D eigenvalue weighted by molar-refractivity contribution is 0.116. The smallest absolute Gasteiger partial charge is 0.416 e. The Morgan fingerprint density at radius 3 is 2.45 bits per heavy atom. The Kier molecular flexibility index (Phi) is 7.86. The highest BCUT2D eigenvalue weighted by Gasteiger charge is 2.19. The second kappa shape index (κ2) is 11.7. The number of alkyl halides is 2. The lowest BCUT2D eigenvalue weighted by atomic mass is 10.1. The van der Waals surface area contributed by atoms with Gasteiger partial charge in [0.25, 0.3) is 5.89 Å². The normalized spacial score (nSPS) is 15.3. The maximum atomic E-state index is 15.4. The van der Waals surface area contributed by atoms with Crippen LogP contribution >= 0.6 is 0 Å². The van der Waals surface area contributed by atoms with Crippen LogP contribution in [0.4, 0.5) is 19.1 Å². The quantitative estimate of drug-likeness (QED) is 0.297. The fourth-order valence-corrected chi connectivity index (χ4v) is 4.14. The number of oxazole rings is 1. The first-order valence-corrected chi connectivity index (χ1v) is 12.4. The van der Waals surface area contributed by atoms with Gasteiger partial charge in [-0.05, 0) is 26.1 Å². The minimum atomic E-state index is -2.88. The predicted molar refractivity (Wildman–Crippen MR) is 139 cm³/mol. The average molecular weight is 555 g/mol. The third-order valence-electron chi connectivity index (χ3n) is 6.39. The Morgan fingerprint density at radius 1 is 1.07 bits per heavy atom. The number of nitrogens with zero attached hydrogens (tertiary/aromatic N) is 8. The molecule has 1 aliphatic rings. The standard InChI is InChI=1S/C26H25F3N8O3/c1-3-20(17-12-31-25(32-13-17)36-8-6-35(2)7-9-36)21(27)10-19-15-39-26(38)37(19)14-18-5-4-16(11-30-18)23-33-34-24(40-23)22(28)29/h3-5,10-13,15,22H,6-9,14H2,1-2H3/b20-3-,21-10+. The van der Waals surface area contributed by atoms with Crippen molar-refractivity contribution in [2.45, 2.75) is 19.9 Å². The minimum absolute atomic E-state index is 0.0329. The van der Waals surface area contributed by atoms with Crippen molar-refractivity contribution in [3.8, 4) is 11.5 Å². The van der Waals surface area contributed by atoms with Gasteiger partial charge in [0.2, 0.25) is 11.8 Å². The molecule has 1 saturated heterocycles. The highest BCUT2D eigenvalue weighted by Crippen LogP contribution is 2.27. The number of pyridine rings is 1. The number of likely N-dealkylation sites (N-methyl/N-ethyl adjacent to an activating group) is 1. The Hall–Kier alpha value is -4.59. The number of piperazine rings is 1. The lowest BCUT2D eigenvalue weighted by Gasteiger charge is -2.32. The highest BCUT2D eigenvalue weighted by atomic mass is 19.3. The number of anilines is 1. The molecule has 0 bridgehead atoms. The minimum Gasteiger partial charge on any atom is -0.416 e. The maximum Gasteiger partial charge on any atom is 0.419 e. The van der Waals surface area contributed by atoms with Crippen molar-refractivity contribution in [1.29, 1.82) is 0 Å². The number of hydrogen-bond acceptors (Lipinski definition) is 10. The molecule has 0 N–H and O–H groups in total. The van der Waals surface area contributed by atoms with E-state index in [9.17, 15) is 13.6 Å². The van der Waals surface area contributed by atoms with Crippen molar-refractivity contribution in [2.24, 2.45) is 0 Å². The first-order chi connectivity index (χ1) is 19.3. The monoisotopic (exact) mass is 554 g/mol. The summed E-state index contributed by atoms with van der Waals surface area (Å²) in [7, 11) is 2.06. The van der Waals surface area contributed by atoms with Gasteiger partial charge in [-0.3, -0.25) is 9.55 Å². The summed E-state index contributed by atoms with van der Waals surface area (Å²) in [4.78, 5) is 29.8. The van der Waals surface area contributed by atoms with Gasteiger partial charge in [-0.2, -0.15) is 8.78 Å². The molecule has 1 aliphatic heterocycles. The molecule has 0 saturated carbocycles. The molecule has 40 heavy (non-hydrogen) atoms. The Morgan fingerprint density at radius 2 is 1.82 bits per heavy atom. The van der Waals surface area contributed by atoms with Crippen LogP contribution in [0.15, 0.2) is 62.5 Å². The van der Waals surface area contributed by atoms with Crippen molar-refractivity contribution in [1.82, 2.24) is 34.6 Å². The van der Waals surface area contributed by atoms with Gasteiger partial charge in [-0.15, -0.1) is 10.2 Å². The molecule has 0 atom stereocenters. The molecule has 4 aromatic rings. The summed E-state index contributed by atoms with van der Waals surface area (Å²) in [5.74, 6) is -1.62. The third kappa shape index (κ3) is 5.86. The molecule has 0 spiro atoms. The summed E-state index contributed by atoms with van der Waals surface area (Å²) in [5.41, 5.74) is 1.68. The van der Waals surface area contributed by atoms with E-state index in [1.165, 1.54) is 22.9 Å². The van der Waals surface area contributed by atoms with Crippen molar-refractivity contribution in [3.63, 3.8) is 0 Å². The lowest BCUT2D eigenvalue weighted by Crippen LogP contribution is -2.45. The number of rotatable bonds is 8. The second-order valence-corrected chi connectivity index (χ2v) is 9.05. The molecule has 4 aromatic heterocycles. The van der Waals surface area contributed by atoms with Crippen LogP contribution in [0.5, 0.6) is 0 Å². The molecule has 0 radical (unpaired) electrons. The number of allylic oxidation sites excluding steroid dienone is 3. The van der Waals surface area contributed by atoms with Gasteiger partial charge in [-0.1, -0.05) is 6.08 Å². The van der Waals surface area contributed by atoms with E-state index >= 15 is 4.39 Å². The van der Waals surface area contributed by atoms with Gasteiger partial charge in [-0.25, -0.2) is 19.2 Å². The molecular formula is C26H25F3N8O3. The molecule has 14 heteroatoms. The molecule has 0 aliphatic carbocycles. The van der Waals surface area contributed by atoms with E-state index < -0.39 is 23.9 Å². The molecule has 0 amide bonds. The first kappa shape index (κ1) is 27.0. The SMILES string of the molecule is C/C=C(\C(F)=C/c1coc(=O)n1Cc1ccc(-c2nnc(C(F)F)o2)cn1)c1cnc(N2CCN(C)CC2)nc1. The van der Waals surface area contributed by atoms with E-state index in [-0.39, 0.29) is 23.7 Å². The van der Waals surface area contributed by atoms with E-state index in [0.29, 0.717) is 22.8 Å². The fraction of sp³-hybridized carbons (Fsp3) is 0.308. The molecule has 5 rings (SSSR count). The molecular weight excluding hydrogens is 529 g/mol. The number of halogens is 3. The summed E-state index contributed by atoms with van der Waals surface area (Å²) in [6, 6.07) is 3.09. The Bertz CT molecular complexity index is 1570. The maximum absolute atomic E-state index is 15.4. The van der Waals surface area contributed by atoms with Crippen molar-refractivity contribution >= 4 is 17.6 Å². The van der Waals surface area contributed by atoms with Gasteiger partial charge in [0.05, 0.1) is 23.5 Å². The molecule has 1 fully saturated rings. The van der Waals surface area contributed by atoms with Gasteiger partial charge < -0.3 is 18.6 Å². The van der Waals surface area contributed by atoms with Crippen molar-refractivity contribution < 1.29 is 22.0 Å². The van der Waals surface area contributed by atoms with Crippen LogP contribution in [0.1, 0.15) is 36.2 Å². The van der Waals surface area contributed by atoms with Crippen molar-refractivity contribution in [3.05, 3.63) is 82.3 Å². The topological polar surface area (TPSA) is 119 Å². The average Bonchev–Trinajstić information content (AvgIpc) is 3.59. The summed E-state index contributed by atoms with van der Waals surface area (Å²) < 4.78 is 52.0. The van der Waals surface area contributed by atoms with E-state index in [4.69, 9.17) is 8.83 Å². The summed E-state index contributed by atoms with van der Waals surface area (Å²) in [6.07, 6.45) is 5.55. The van der Waals surface area contributed by atoms with Gasteiger partial charge in [0.15, 0.2) is 0 Å². The van der Waals surface area contributed by atoms with Crippen LogP contribution in [0.3, 0.4) is 0 Å². The second-order valence-electron chi connectivity index (χ2n) is 9.05. The Balaban J connectivity index is 1.31. The van der Waals surface area contributed by atoms with Crippen molar-refractivity contribution in [2.75, 3.05) is 38.1 Å². The Labute approximate surface area is 226 Å². The zero-order chi connectivity index (χ0) is 28.2. The summed E-state index contributed by atoms with van der Waals surface area (Å²) >= 11 is 0. The van der Waals surface area contributed by atoms with Gasteiger partial charge >= 0.3 is 12.2 Å². The molecule has 0 unspecified atom stereocenters. The zero-order valence-electron chi connectivity index (χ0n) is 21.7.